The topological polar surface area (TPSA) is 63.2 Å². The summed E-state index contributed by atoms with van der Waals surface area (Å²) in [7, 11) is 1.63. The third-order valence-corrected chi connectivity index (χ3v) is 4.68. The van der Waals surface area contributed by atoms with Gasteiger partial charge in [0.2, 0.25) is 0 Å². The van der Waals surface area contributed by atoms with Crippen LogP contribution in [0, 0.1) is 11.7 Å². The predicted molar refractivity (Wildman–Crippen MR) is 103 cm³/mol. The molecular weight excluding hydrogens is 349 g/mol. The summed E-state index contributed by atoms with van der Waals surface area (Å²) < 4.78 is 23.8. The molecule has 1 heterocycles. The minimum Gasteiger partial charge on any atom is -0.466 e. The fourth-order valence-electron chi connectivity index (χ4n) is 3.18. The zero-order valence-electron chi connectivity index (χ0n) is 16.4. The molecule has 27 heavy (non-hydrogen) atoms. The van der Waals surface area contributed by atoms with Crippen molar-refractivity contribution in [3.8, 4) is 0 Å². The number of carbonyl (C=O) groups is 1. The molecule has 1 aliphatic rings. The summed E-state index contributed by atoms with van der Waals surface area (Å²) >= 11 is 0. The first-order valence-electron chi connectivity index (χ1n) is 9.57. The number of esters is 1. The van der Waals surface area contributed by atoms with E-state index in [-0.39, 0.29) is 23.8 Å². The molecule has 0 aromatic heterocycles. The van der Waals surface area contributed by atoms with Crippen LogP contribution in [0.5, 0.6) is 0 Å². The average Bonchev–Trinajstić information content (AvgIpc) is 2.69. The van der Waals surface area contributed by atoms with E-state index in [1.807, 2.05) is 13.8 Å². The maximum atomic E-state index is 13.1. The molecule has 1 saturated heterocycles. The Morgan fingerprint density at radius 1 is 1.30 bits per heavy atom. The number of likely N-dealkylation sites (tertiary alicyclic amines) is 1. The Bertz CT molecular complexity index is 613. The number of guanidine groups is 1. The number of rotatable bonds is 7. The molecule has 0 amide bonds. The van der Waals surface area contributed by atoms with E-state index in [2.05, 4.69) is 10.2 Å². The number of nitrogens with zero attached hydrogens (tertiary/aromatic N) is 2. The Morgan fingerprint density at radius 2 is 1.96 bits per heavy atom. The molecule has 1 unspecified atom stereocenters. The van der Waals surface area contributed by atoms with Crippen molar-refractivity contribution < 1.29 is 18.7 Å². The summed E-state index contributed by atoms with van der Waals surface area (Å²) in [5.41, 5.74) is 0.888. The fraction of sp³-hybridized carbons (Fsp3) is 0.600. The lowest BCUT2D eigenvalue weighted by molar-refractivity contribution is -0.149. The molecule has 1 aromatic rings. The van der Waals surface area contributed by atoms with Crippen molar-refractivity contribution >= 4 is 11.9 Å². The van der Waals surface area contributed by atoms with Crippen LogP contribution in [0.15, 0.2) is 29.3 Å². The average molecular weight is 379 g/mol. The van der Waals surface area contributed by atoms with Crippen LogP contribution in [0.25, 0.3) is 0 Å². The number of carbonyl (C=O) groups excluding carboxylic acids is 1. The smallest absolute Gasteiger partial charge is 0.309 e. The van der Waals surface area contributed by atoms with Gasteiger partial charge in [0.15, 0.2) is 5.96 Å². The van der Waals surface area contributed by atoms with Gasteiger partial charge in [-0.2, -0.15) is 0 Å². The van der Waals surface area contributed by atoms with Crippen LogP contribution in [0.1, 0.15) is 38.4 Å². The highest BCUT2D eigenvalue weighted by Gasteiger charge is 2.27. The third-order valence-electron chi connectivity index (χ3n) is 4.68. The Morgan fingerprint density at radius 3 is 2.52 bits per heavy atom. The van der Waals surface area contributed by atoms with E-state index in [0.717, 1.165) is 44.0 Å². The summed E-state index contributed by atoms with van der Waals surface area (Å²) in [6.45, 7) is 6.97. The largest absolute Gasteiger partial charge is 0.466 e. The highest BCUT2D eigenvalue weighted by molar-refractivity contribution is 5.80. The number of benzene rings is 1. The van der Waals surface area contributed by atoms with Crippen molar-refractivity contribution in [3.05, 3.63) is 35.6 Å². The Labute approximate surface area is 160 Å². The molecule has 2 rings (SSSR count). The van der Waals surface area contributed by atoms with Crippen LogP contribution in [0.2, 0.25) is 0 Å². The molecule has 0 aliphatic carbocycles. The molecular formula is C20H30FN3O3. The fourth-order valence-corrected chi connectivity index (χ4v) is 3.18. The number of halogens is 1. The molecule has 0 saturated carbocycles. The summed E-state index contributed by atoms with van der Waals surface area (Å²) in [5.74, 6) is 0.406. The van der Waals surface area contributed by atoms with Gasteiger partial charge in [0.1, 0.15) is 11.9 Å². The number of nitrogens with one attached hydrogen (secondary N) is 1. The number of ether oxygens (including phenoxy) is 2. The quantitative estimate of drug-likeness (QED) is 0.448. The maximum absolute atomic E-state index is 13.1. The second-order valence-electron chi connectivity index (χ2n) is 6.48. The van der Waals surface area contributed by atoms with Crippen LogP contribution >= 0.6 is 0 Å². The number of aliphatic imine (C=N–C) groups is 1. The SMILES string of the molecule is CCNC(=NCC(OC)c1ccc(F)cc1)N1CCC(C(=O)OCC)CC1. The Balaban J connectivity index is 1.99. The second-order valence-corrected chi connectivity index (χ2v) is 6.48. The molecule has 1 N–H and O–H groups in total. The van der Waals surface area contributed by atoms with Gasteiger partial charge < -0.3 is 19.7 Å². The number of piperidine rings is 1. The van der Waals surface area contributed by atoms with Gasteiger partial charge in [0.05, 0.1) is 19.1 Å². The predicted octanol–water partition coefficient (Wildman–Crippen LogP) is 2.75. The van der Waals surface area contributed by atoms with Gasteiger partial charge in [-0.25, -0.2) is 4.39 Å². The van der Waals surface area contributed by atoms with Crippen LogP contribution < -0.4 is 5.32 Å². The molecule has 150 valence electrons. The molecule has 7 heteroatoms. The van der Waals surface area contributed by atoms with Gasteiger partial charge >= 0.3 is 5.97 Å². The lowest BCUT2D eigenvalue weighted by Gasteiger charge is -2.33. The molecule has 1 aromatic carbocycles. The van der Waals surface area contributed by atoms with Gasteiger partial charge in [0.25, 0.3) is 0 Å². The van der Waals surface area contributed by atoms with Crippen LogP contribution in [0.3, 0.4) is 0 Å². The Hall–Kier alpha value is -2.15. The van der Waals surface area contributed by atoms with Crippen LogP contribution in [0.4, 0.5) is 4.39 Å². The van der Waals surface area contributed by atoms with E-state index in [1.54, 1.807) is 19.2 Å². The van der Waals surface area contributed by atoms with Crippen molar-refractivity contribution in [1.29, 1.82) is 0 Å². The summed E-state index contributed by atoms with van der Waals surface area (Å²) in [5, 5.41) is 3.31. The lowest BCUT2D eigenvalue weighted by atomic mass is 9.97. The first-order valence-corrected chi connectivity index (χ1v) is 9.57. The van der Waals surface area contributed by atoms with Gasteiger partial charge in [-0.05, 0) is 44.4 Å². The first-order chi connectivity index (χ1) is 13.1. The number of hydrogen-bond acceptors (Lipinski definition) is 4. The molecule has 0 bridgehead atoms. The summed E-state index contributed by atoms with van der Waals surface area (Å²) in [6.07, 6.45) is 1.28. The van der Waals surface area contributed by atoms with E-state index in [0.29, 0.717) is 13.2 Å². The van der Waals surface area contributed by atoms with Crippen molar-refractivity contribution in [2.45, 2.75) is 32.8 Å². The monoisotopic (exact) mass is 379 g/mol. The van der Waals surface area contributed by atoms with Crippen molar-refractivity contribution in [3.63, 3.8) is 0 Å². The molecule has 1 aliphatic heterocycles. The van der Waals surface area contributed by atoms with E-state index in [9.17, 15) is 9.18 Å². The second kappa shape index (κ2) is 10.9. The van der Waals surface area contributed by atoms with Gasteiger partial charge in [-0.1, -0.05) is 12.1 Å². The highest BCUT2D eigenvalue weighted by atomic mass is 19.1. The highest BCUT2D eigenvalue weighted by Crippen LogP contribution is 2.20. The summed E-state index contributed by atoms with van der Waals surface area (Å²) in [6, 6.07) is 6.29. The molecule has 0 radical (unpaired) electrons. The normalized spacial score (nSPS) is 16.9. The van der Waals surface area contributed by atoms with Crippen molar-refractivity contribution in [1.82, 2.24) is 10.2 Å². The molecule has 0 spiro atoms. The summed E-state index contributed by atoms with van der Waals surface area (Å²) in [4.78, 5) is 18.8. The number of methoxy groups -OCH3 is 1. The zero-order chi connectivity index (χ0) is 19.6. The van der Waals surface area contributed by atoms with Crippen molar-refractivity contribution in [2.24, 2.45) is 10.9 Å². The molecule has 6 nitrogen and oxygen atoms in total. The maximum Gasteiger partial charge on any atom is 0.309 e. The van der Waals surface area contributed by atoms with E-state index >= 15 is 0 Å². The minimum absolute atomic E-state index is 0.0324. The zero-order valence-corrected chi connectivity index (χ0v) is 16.4. The Kier molecular flexibility index (Phi) is 8.51. The molecule has 1 atom stereocenters. The third kappa shape index (κ3) is 6.20. The minimum atomic E-state index is -0.269. The standard InChI is InChI=1S/C20H30FN3O3/c1-4-22-20(24-12-10-16(11-13-24)19(25)27-5-2)23-14-18(26-3)15-6-8-17(21)9-7-15/h6-9,16,18H,4-5,10-14H2,1-3H3,(H,22,23). The lowest BCUT2D eigenvalue weighted by Crippen LogP contribution is -2.47. The van der Waals surface area contributed by atoms with E-state index in [1.165, 1.54) is 12.1 Å². The van der Waals surface area contributed by atoms with Crippen molar-refractivity contribution in [2.75, 3.05) is 39.9 Å². The number of hydrogen-bond donors (Lipinski definition) is 1. The van der Waals surface area contributed by atoms with Crippen LogP contribution in [-0.2, 0) is 14.3 Å². The van der Waals surface area contributed by atoms with E-state index < -0.39 is 0 Å². The first kappa shape index (κ1) is 21.2. The van der Waals surface area contributed by atoms with E-state index in [4.69, 9.17) is 14.5 Å². The van der Waals surface area contributed by atoms with Crippen LogP contribution in [-0.4, -0.2) is 56.7 Å². The molecule has 1 fully saturated rings. The van der Waals surface area contributed by atoms with Gasteiger partial charge in [-0.15, -0.1) is 0 Å². The van der Waals surface area contributed by atoms with Gasteiger partial charge in [0, 0.05) is 26.7 Å². The van der Waals surface area contributed by atoms with Gasteiger partial charge in [-0.3, -0.25) is 9.79 Å².